The molecular weight excluding hydrogens is 134 g/mol. The highest BCUT2D eigenvalue weighted by Gasteiger charge is 2.28. The fourth-order valence-corrected chi connectivity index (χ4v) is 2.79. The van der Waals surface area contributed by atoms with E-state index in [1.165, 1.54) is 51.5 Å². The molecule has 1 nitrogen and oxygen atoms in total. The average Bonchev–Trinajstić information content (AvgIpc) is 2.58. The van der Waals surface area contributed by atoms with Gasteiger partial charge in [-0.15, -0.1) is 0 Å². The van der Waals surface area contributed by atoms with Crippen LogP contribution in [0.15, 0.2) is 0 Å². The zero-order chi connectivity index (χ0) is 7.52. The molecular formula is C10H20N+. The summed E-state index contributed by atoms with van der Waals surface area (Å²) in [4.78, 5) is 0. The Morgan fingerprint density at radius 3 is 2.18 bits per heavy atom. The minimum atomic E-state index is 1.02. The molecule has 0 aromatic carbocycles. The second-order valence-electron chi connectivity index (χ2n) is 4.23. The van der Waals surface area contributed by atoms with Gasteiger partial charge in [0.15, 0.2) is 0 Å². The summed E-state index contributed by atoms with van der Waals surface area (Å²) in [5, 5.41) is 2.61. The van der Waals surface area contributed by atoms with Crippen molar-refractivity contribution in [1.29, 1.82) is 0 Å². The summed E-state index contributed by atoms with van der Waals surface area (Å²) in [6, 6.07) is 1.02. The van der Waals surface area contributed by atoms with Crippen molar-refractivity contribution in [3.8, 4) is 0 Å². The minimum Gasteiger partial charge on any atom is -0.344 e. The second-order valence-corrected chi connectivity index (χ2v) is 4.23. The van der Waals surface area contributed by atoms with Crippen LogP contribution in [0.1, 0.15) is 44.9 Å². The monoisotopic (exact) mass is 154 g/mol. The lowest BCUT2D eigenvalue weighted by molar-refractivity contribution is -0.704. The van der Waals surface area contributed by atoms with Gasteiger partial charge < -0.3 is 5.32 Å². The van der Waals surface area contributed by atoms with E-state index in [-0.39, 0.29) is 0 Å². The Kier molecular flexibility index (Phi) is 2.47. The first-order chi connectivity index (χ1) is 5.47. The summed E-state index contributed by atoms with van der Waals surface area (Å²) in [6.07, 6.45) is 10.5. The minimum absolute atomic E-state index is 1.02. The largest absolute Gasteiger partial charge is 0.344 e. The van der Waals surface area contributed by atoms with Gasteiger partial charge in [-0.2, -0.15) is 0 Å². The first-order valence-corrected chi connectivity index (χ1v) is 5.30. The molecule has 1 saturated carbocycles. The van der Waals surface area contributed by atoms with Crippen LogP contribution in [0, 0.1) is 5.92 Å². The van der Waals surface area contributed by atoms with E-state index >= 15 is 0 Å². The van der Waals surface area contributed by atoms with E-state index < -0.39 is 0 Å². The van der Waals surface area contributed by atoms with Crippen LogP contribution in [0.3, 0.4) is 0 Å². The molecule has 0 aromatic heterocycles. The third-order valence-corrected chi connectivity index (χ3v) is 3.47. The van der Waals surface area contributed by atoms with Crippen molar-refractivity contribution in [3.63, 3.8) is 0 Å². The van der Waals surface area contributed by atoms with Crippen molar-refractivity contribution >= 4 is 0 Å². The van der Waals surface area contributed by atoms with E-state index in [1.807, 2.05) is 0 Å². The first kappa shape index (κ1) is 7.60. The third kappa shape index (κ3) is 1.76. The Morgan fingerprint density at radius 2 is 1.55 bits per heavy atom. The van der Waals surface area contributed by atoms with Crippen molar-refractivity contribution < 1.29 is 5.32 Å². The van der Waals surface area contributed by atoms with Gasteiger partial charge in [-0.1, -0.05) is 12.8 Å². The molecule has 0 radical (unpaired) electrons. The van der Waals surface area contributed by atoms with Gasteiger partial charge in [0.1, 0.15) is 0 Å². The maximum Gasteiger partial charge on any atom is 0.0887 e. The van der Waals surface area contributed by atoms with Crippen LogP contribution in [0.5, 0.6) is 0 Å². The van der Waals surface area contributed by atoms with Gasteiger partial charge in [-0.05, 0) is 32.1 Å². The van der Waals surface area contributed by atoms with Gasteiger partial charge in [-0.3, -0.25) is 0 Å². The molecule has 1 aliphatic heterocycles. The lowest BCUT2D eigenvalue weighted by Crippen LogP contribution is -2.92. The summed E-state index contributed by atoms with van der Waals surface area (Å²) in [5.74, 6) is 1.09. The topological polar surface area (TPSA) is 16.6 Å². The zero-order valence-electron chi connectivity index (χ0n) is 7.39. The van der Waals surface area contributed by atoms with Crippen LogP contribution in [-0.4, -0.2) is 12.6 Å². The number of rotatable bonds is 1. The molecule has 0 amide bonds. The number of hydrogen-bond acceptors (Lipinski definition) is 0. The van der Waals surface area contributed by atoms with Crippen molar-refractivity contribution in [2.45, 2.75) is 51.0 Å². The molecule has 0 unspecified atom stereocenters. The fraction of sp³-hybridized carbons (Fsp3) is 1.00. The van der Waals surface area contributed by atoms with Crippen LogP contribution in [-0.2, 0) is 0 Å². The first-order valence-electron chi connectivity index (χ1n) is 5.30. The summed E-state index contributed by atoms with van der Waals surface area (Å²) in [5.41, 5.74) is 0. The molecule has 11 heavy (non-hydrogen) atoms. The zero-order valence-corrected chi connectivity index (χ0v) is 7.39. The third-order valence-electron chi connectivity index (χ3n) is 3.47. The summed E-state index contributed by atoms with van der Waals surface area (Å²) < 4.78 is 0. The molecule has 1 saturated heterocycles. The lowest BCUT2D eigenvalue weighted by atomic mass is 9.91. The lowest BCUT2D eigenvalue weighted by Gasteiger charge is -2.25. The van der Waals surface area contributed by atoms with E-state index in [4.69, 9.17) is 0 Å². The molecule has 0 spiro atoms. The van der Waals surface area contributed by atoms with Gasteiger partial charge in [0.25, 0.3) is 0 Å². The van der Waals surface area contributed by atoms with Gasteiger partial charge in [0.05, 0.1) is 12.6 Å². The van der Waals surface area contributed by atoms with Crippen LogP contribution in [0.4, 0.5) is 0 Å². The molecule has 2 fully saturated rings. The summed E-state index contributed by atoms with van der Waals surface area (Å²) >= 11 is 0. The van der Waals surface area contributed by atoms with E-state index in [0.717, 1.165) is 12.0 Å². The molecule has 1 heterocycles. The highest BCUT2D eigenvalue weighted by atomic mass is 14.9. The maximum atomic E-state index is 2.61. The molecule has 2 rings (SSSR count). The molecule has 2 N–H and O–H groups in total. The summed E-state index contributed by atoms with van der Waals surface area (Å²) in [7, 11) is 0. The molecule has 1 atom stereocenters. The smallest absolute Gasteiger partial charge is 0.0887 e. The van der Waals surface area contributed by atoms with E-state index in [0.29, 0.717) is 0 Å². The van der Waals surface area contributed by atoms with Gasteiger partial charge in [0.2, 0.25) is 0 Å². The maximum absolute atomic E-state index is 2.61. The Labute approximate surface area is 69.6 Å². The molecule has 1 heteroatoms. The Balaban J connectivity index is 1.82. The number of hydrogen-bond donors (Lipinski definition) is 1. The van der Waals surface area contributed by atoms with Crippen molar-refractivity contribution in [2.75, 3.05) is 6.54 Å². The predicted molar refractivity (Wildman–Crippen MR) is 46.4 cm³/mol. The van der Waals surface area contributed by atoms with Gasteiger partial charge in [-0.25, -0.2) is 0 Å². The molecule has 0 aromatic rings. The number of piperidine rings is 1. The van der Waals surface area contributed by atoms with Crippen LogP contribution in [0.2, 0.25) is 0 Å². The molecule has 2 aliphatic rings. The van der Waals surface area contributed by atoms with Gasteiger partial charge in [0, 0.05) is 5.92 Å². The molecule has 0 bridgehead atoms. The predicted octanol–water partition coefficient (Wildman–Crippen LogP) is 1.29. The highest BCUT2D eigenvalue weighted by molar-refractivity contribution is 4.75. The van der Waals surface area contributed by atoms with Crippen LogP contribution in [0.25, 0.3) is 0 Å². The van der Waals surface area contributed by atoms with E-state index in [1.54, 1.807) is 0 Å². The van der Waals surface area contributed by atoms with Crippen LogP contribution >= 0.6 is 0 Å². The van der Waals surface area contributed by atoms with Gasteiger partial charge >= 0.3 is 0 Å². The average molecular weight is 154 g/mol. The molecule has 1 aliphatic carbocycles. The fourth-order valence-electron chi connectivity index (χ4n) is 2.79. The highest BCUT2D eigenvalue weighted by Crippen LogP contribution is 2.28. The summed E-state index contributed by atoms with van der Waals surface area (Å²) in [6.45, 7) is 1.40. The Hall–Kier alpha value is -0.0400. The standard InChI is InChI=1S/C10H19N/c1-2-6-9(5-1)10-7-3-4-8-11-10/h9-11H,1-8H2/p+1/t10-/m1/s1. The van der Waals surface area contributed by atoms with E-state index in [2.05, 4.69) is 5.32 Å². The second kappa shape index (κ2) is 3.57. The van der Waals surface area contributed by atoms with Crippen molar-refractivity contribution in [1.82, 2.24) is 0 Å². The van der Waals surface area contributed by atoms with Crippen molar-refractivity contribution in [3.05, 3.63) is 0 Å². The SMILES string of the molecule is C1CC[C@H](C2CCCC2)[NH2+]C1. The Morgan fingerprint density at radius 1 is 0.818 bits per heavy atom. The van der Waals surface area contributed by atoms with Crippen LogP contribution < -0.4 is 5.32 Å². The van der Waals surface area contributed by atoms with Crippen molar-refractivity contribution in [2.24, 2.45) is 5.92 Å². The normalized spacial score (nSPS) is 34.4. The quantitative estimate of drug-likeness (QED) is 0.586. The van der Waals surface area contributed by atoms with E-state index in [9.17, 15) is 0 Å². The molecule has 64 valence electrons. The Bertz CT molecular complexity index is 110. The number of quaternary nitrogens is 1. The number of nitrogens with two attached hydrogens (primary N) is 1.